The van der Waals surface area contributed by atoms with E-state index in [1.54, 1.807) is 30.5 Å². The summed E-state index contributed by atoms with van der Waals surface area (Å²) < 4.78 is 29.2. The Morgan fingerprint density at radius 3 is 2.32 bits per heavy atom. The van der Waals surface area contributed by atoms with Gasteiger partial charge in [0, 0.05) is 43.1 Å². The number of carbonyl (C=O) groups excluding carboxylic acids is 1. The average Bonchev–Trinajstić information content (AvgIpc) is 2.83. The first-order chi connectivity index (χ1) is 16.4. The van der Waals surface area contributed by atoms with Crippen LogP contribution in [0.5, 0.6) is 5.88 Å². The highest BCUT2D eigenvalue weighted by Crippen LogP contribution is 2.48. The number of pyridine rings is 1. The van der Waals surface area contributed by atoms with Crippen LogP contribution in [0.2, 0.25) is 0 Å². The van der Waals surface area contributed by atoms with Crippen molar-refractivity contribution in [1.29, 1.82) is 0 Å². The maximum Gasteiger partial charge on any atom is 0.225 e. The molecule has 5 rings (SSSR count). The number of hydrogen-bond acceptors (Lipinski definition) is 5. The highest BCUT2D eigenvalue weighted by atomic mass is 32.2. The molecular formula is C27H34N2O4S. The van der Waals surface area contributed by atoms with Crippen LogP contribution in [0.25, 0.3) is 11.1 Å². The van der Waals surface area contributed by atoms with E-state index in [1.165, 1.54) is 31.9 Å². The molecule has 3 unspecified atom stereocenters. The van der Waals surface area contributed by atoms with Gasteiger partial charge in [-0.2, -0.15) is 0 Å². The lowest BCUT2D eigenvalue weighted by molar-refractivity contribution is -0.143. The van der Waals surface area contributed by atoms with E-state index in [4.69, 9.17) is 4.74 Å². The number of sulfone groups is 1. The van der Waals surface area contributed by atoms with Crippen molar-refractivity contribution in [1.82, 2.24) is 9.88 Å². The normalized spacial score (nSPS) is 25.3. The number of ether oxygens (including phenoxy) is 1. The molecule has 0 N–H and O–H groups in total. The van der Waals surface area contributed by atoms with Crippen molar-refractivity contribution in [2.75, 3.05) is 26.0 Å². The molecule has 2 aliphatic carbocycles. The number of hydrogen-bond donors (Lipinski definition) is 0. The van der Waals surface area contributed by atoms with Crippen molar-refractivity contribution in [3.8, 4) is 17.0 Å². The molecule has 1 aliphatic heterocycles. The van der Waals surface area contributed by atoms with Gasteiger partial charge in [-0.3, -0.25) is 4.79 Å². The van der Waals surface area contributed by atoms with E-state index in [2.05, 4.69) is 9.88 Å². The lowest BCUT2D eigenvalue weighted by Gasteiger charge is -2.47. The maximum absolute atomic E-state index is 13.1. The Hall–Kier alpha value is -2.41. The monoisotopic (exact) mass is 482 g/mol. The highest BCUT2D eigenvalue weighted by Gasteiger charge is 2.44. The van der Waals surface area contributed by atoms with E-state index >= 15 is 0 Å². The lowest BCUT2D eigenvalue weighted by Crippen LogP contribution is -2.48. The van der Waals surface area contributed by atoms with Gasteiger partial charge in [0.1, 0.15) is 0 Å². The summed E-state index contributed by atoms with van der Waals surface area (Å²) in [6.45, 7) is 2.30. The molecule has 2 heterocycles. The third-order valence-corrected chi connectivity index (χ3v) is 9.27. The van der Waals surface area contributed by atoms with E-state index in [-0.39, 0.29) is 5.92 Å². The van der Waals surface area contributed by atoms with Crippen LogP contribution in [0.15, 0.2) is 47.5 Å². The van der Waals surface area contributed by atoms with Gasteiger partial charge >= 0.3 is 0 Å². The fourth-order valence-corrected chi connectivity index (χ4v) is 6.52. The van der Waals surface area contributed by atoms with Crippen molar-refractivity contribution < 1.29 is 17.9 Å². The molecule has 1 amide bonds. The zero-order valence-electron chi connectivity index (χ0n) is 19.9. The van der Waals surface area contributed by atoms with Crippen molar-refractivity contribution in [3.05, 3.63) is 42.6 Å². The third kappa shape index (κ3) is 4.99. The predicted octanol–water partition coefficient (Wildman–Crippen LogP) is 4.60. The first-order valence-corrected chi connectivity index (χ1v) is 14.5. The molecule has 2 aromatic rings. The Morgan fingerprint density at radius 2 is 1.71 bits per heavy atom. The Kier molecular flexibility index (Phi) is 6.65. The van der Waals surface area contributed by atoms with Gasteiger partial charge in [0.2, 0.25) is 11.8 Å². The average molecular weight is 483 g/mol. The molecule has 1 saturated heterocycles. The summed E-state index contributed by atoms with van der Waals surface area (Å²) in [6.07, 6.45) is 11.2. The van der Waals surface area contributed by atoms with Crippen LogP contribution < -0.4 is 4.74 Å². The molecule has 0 spiro atoms. The number of rotatable bonds is 6. The Morgan fingerprint density at radius 1 is 0.971 bits per heavy atom. The number of likely N-dealkylation sites (tertiary alicyclic amines) is 1. The number of fused-ring (bicyclic) bond motifs is 1. The maximum atomic E-state index is 13.1. The molecule has 3 fully saturated rings. The summed E-state index contributed by atoms with van der Waals surface area (Å²) in [5, 5.41) is 0. The van der Waals surface area contributed by atoms with Crippen LogP contribution >= 0.6 is 0 Å². The first kappa shape index (κ1) is 23.3. The largest absolute Gasteiger partial charge is 0.477 e. The van der Waals surface area contributed by atoms with Crippen molar-refractivity contribution in [2.45, 2.75) is 49.8 Å². The summed E-state index contributed by atoms with van der Waals surface area (Å²) >= 11 is 0. The van der Waals surface area contributed by atoms with E-state index < -0.39 is 9.84 Å². The molecule has 1 aromatic carbocycles. The van der Waals surface area contributed by atoms with Crippen molar-refractivity contribution in [2.24, 2.45) is 23.7 Å². The quantitative estimate of drug-likeness (QED) is 0.602. The topological polar surface area (TPSA) is 76.6 Å². The number of benzene rings is 1. The van der Waals surface area contributed by atoms with Crippen molar-refractivity contribution >= 4 is 15.7 Å². The fourth-order valence-electron chi connectivity index (χ4n) is 5.89. The minimum absolute atomic E-state index is 0.283. The van der Waals surface area contributed by atoms with Gasteiger partial charge in [-0.25, -0.2) is 13.4 Å². The second-order valence-corrected chi connectivity index (χ2v) is 12.3. The van der Waals surface area contributed by atoms with Gasteiger partial charge in [0.15, 0.2) is 9.84 Å². The fraction of sp³-hybridized carbons (Fsp3) is 0.556. The van der Waals surface area contributed by atoms with Crippen LogP contribution in [-0.4, -0.2) is 50.2 Å². The van der Waals surface area contributed by atoms with Gasteiger partial charge in [0.25, 0.3) is 0 Å². The van der Waals surface area contributed by atoms with Gasteiger partial charge in [-0.15, -0.1) is 0 Å². The zero-order chi connectivity index (χ0) is 23.7. The molecule has 7 heteroatoms. The van der Waals surface area contributed by atoms with Crippen molar-refractivity contribution in [3.63, 3.8) is 0 Å². The molecule has 6 nitrogen and oxygen atoms in total. The minimum Gasteiger partial charge on any atom is -0.477 e. The lowest BCUT2D eigenvalue weighted by atomic mass is 9.60. The van der Waals surface area contributed by atoms with Gasteiger partial charge in [0.05, 0.1) is 11.5 Å². The molecule has 182 valence electrons. The molecule has 34 heavy (non-hydrogen) atoms. The van der Waals surface area contributed by atoms with Gasteiger partial charge in [-0.1, -0.05) is 25.0 Å². The minimum atomic E-state index is -3.20. The van der Waals surface area contributed by atoms with E-state index in [1.807, 2.05) is 12.1 Å². The van der Waals surface area contributed by atoms with Crippen LogP contribution in [0, 0.1) is 23.7 Å². The highest BCUT2D eigenvalue weighted by molar-refractivity contribution is 7.90. The summed E-state index contributed by atoms with van der Waals surface area (Å²) in [5.74, 6) is 3.21. The number of piperidine rings is 1. The smallest absolute Gasteiger partial charge is 0.225 e. The predicted molar refractivity (Wildman–Crippen MR) is 131 cm³/mol. The summed E-state index contributed by atoms with van der Waals surface area (Å²) in [6, 6.07) is 10.6. The van der Waals surface area contributed by atoms with E-state index in [0.29, 0.717) is 35.1 Å². The molecule has 2 saturated carbocycles. The Labute approximate surface area is 202 Å². The van der Waals surface area contributed by atoms with Crippen LogP contribution in [0.4, 0.5) is 0 Å². The SMILES string of the molecule is CS(=O)(=O)c1ccc(-c2ccc(OCC3CCN(C(=O)C4CCCC5CCC54)CC3)nc2)cc1. The van der Waals surface area contributed by atoms with E-state index in [0.717, 1.165) is 49.4 Å². The zero-order valence-corrected chi connectivity index (χ0v) is 20.7. The second-order valence-electron chi connectivity index (χ2n) is 10.3. The van der Waals surface area contributed by atoms with Crippen LogP contribution in [-0.2, 0) is 14.6 Å². The molecule has 1 aromatic heterocycles. The Balaban J connectivity index is 1.09. The first-order valence-electron chi connectivity index (χ1n) is 12.6. The number of nitrogens with zero attached hydrogens (tertiary/aromatic N) is 2. The molecule has 0 bridgehead atoms. The third-order valence-electron chi connectivity index (χ3n) is 8.15. The molecule has 3 aliphatic rings. The van der Waals surface area contributed by atoms with Gasteiger partial charge < -0.3 is 9.64 Å². The summed E-state index contributed by atoms with van der Waals surface area (Å²) in [4.78, 5) is 20.0. The summed E-state index contributed by atoms with van der Waals surface area (Å²) in [5.41, 5.74) is 1.82. The number of aromatic nitrogens is 1. The van der Waals surface area contributed by atoms with Crippen LogP contribution in [0.3, 0.4) is 0 Å². The summed E-state index contributed by atoms with van der Waals surface area (Å²) in [7, 11) is -3.20. The molecule has 0 radical (unpaired) electrons. The van der Waals surface area contributed by atoms with E-state index in [9.17, 15) is 13.2 Å². The standard InChI is InChI=1S/C27H34N2O4S/c1-34(31,32)23-9-5-20(6-10-23)22-8-12-26(28-17-22)33-18-19-13-15-29(16-14-19)27(30)25-4-2-3-21-7-11-24(21)25/h5-6,8-10,12,17,19,21,24-25H,2-4,7,11,13-16,18H2,1H3. The number of carbonyl (C=O) groups is 1. The van der Waals surface area contributed by atoms with Gasteiger partial charge in [-0.05, 0) is 73.6 Å². The second kappa shape index (κ2) is 9.68. The number of amides is 1. The van der Waals surface area contributed by atoms with Crippen LogP contribution in [0.1, 0.15) is 44.9 Å². The molecular weight excluding hydrogens is 448 g/mol. The Bertz CT molecular complexity index is 1110. The molecule has 3 atom stereocenters.